The molecule has 0 radical (unpaired) electrons. The Morgan fingerprint density at radius 2 is 1.75 bits per heavy atom. The molecule has 1 atom stereocenters. The predicted molar refractivity (Wildman–Crippen MR) is 115 cm³/mol. The van der Waals surface area contributed by atoms with E-state index in [1.165, 1.54) is 31.5 Å². The Morgan fingerprint density at radius 1 is 1.04 bits per heavy atom. The number of nitrogens with zero attached hydrogens (tertiary/aromatic N) is 4. The van der Waals surface area contributed by atoms with Crippen molar-refractivity contribution in [3.63, 3.8) is 0 Å². The van der Waals surface area contributed by atoms with Gasteiger partial charge in [-0.15, -0.1) is 0 Å². The molecule has 0 unspecified atom stereocenters. The zero-order chi connectivity index (χ0) is 19.3. The number of hydrogen-bond donors (Lipinski definition) is 1. The van der Waals surface area contributed by atoms with Gasteiger partial charge in [-0.3, -0.25) is 0 Å². The van der Waals surface area contributed by atoms with E-state index in [2.05, 4.69) is 75.6 Å². The molecule has 1 aromatic heterocycles. The smallest absolute Gasteiger partial charge is 0.137 e. The highest BCUT2D eigenvalue weighted by atomic mass is 15.2. The molecule has 28 heavy (non-hydrogen) atoms. The summed E-state index contributed by atoms with van der Waals surface area (Å²) in [6, 6.07) is 19.7. The number of benzene rings is 2. The van der Waals surface area contributed by atoms with E-state index in [4.69, 9.17) is 0 Å². The minimum Gasteiger partial charge on any atom is -0.361 e. The minimum atomic E-state index is 0.171. The van der Waals surface area contributed by atoms with Gasteiger partial charge in [-0.05, 0) is 57.7 Å². The van der Waals surface area contributed by atoms with E-state index in [9.17, 15) is 0 Å². The Balaban J connectivity index is 1.57. The molecule has 0 amide bonds. The van der Waals surface area contributed by atoms with Crippen LogP contribution >= 0.6 is 0 Å². The molecule has 1 aliphatic rings. The van der Waals surface area contributed by atoms with E-state index in [0.717, 1.165) is 23.3 Å². The molecular formula is C23H29N5. The number of nitrogens with one attached hydrogen (secondary N) is 1. The molecule has 1 N–H and O–H groups in total. The fraction of sp³-hybridized carbons (Fsp3) is 0.391. The average Bonchev–Trinajstić information content (AvgIpc) is 2.74. The second kappa shape index (κ2) is 8.67. The lowest BCUT2D eigenvalue weighted by atomic mass is 10.0. The number of para-hydroxylation sites is 1. The van der Waals surface area contributed by atoms with Gasteiger partial charge in [-0.1, -0.05) is 42.5 Å². The summed E-state index contributed by atoms with van der Waals surface area (Å²) in [5, 5.41) is 4.78. The first-order valence-electron chi connectivity index (χ1n) is 10.1. The Labute approximate surface area is 167 Å². The van der Waals surface area contributed by atoms with Crippen LogP contribution in [-0.4, -0.2) is 59.5 Å². The monoisotopic (exact) mass is 375 g/mol. The molecular weight excluding hydrogens is 346 g/mol. The van der Waals surface area contributed by atoms with Crippen molar-refractivity contribution in [1.29, 1.82) is 0 Å². The van der Waals surface area contributed by atoms with E-state index in [1.54, 1.807) is 6.33 Å². The quantitative estimate of drug-likeness (QED) is 0.710. The van der Waals surface area contributed by atoms with Crippen molar-refractivity contribution in [1.82, 2.24) is 19.8 Å². The maximum atomic E-state index is 4.55. The van der Waals surface area contributed by atoms with E-state index in [-0.39, 0.29) is 6.04 Å². The largest absolute Gasteiger partial charge is 0.361 e. The lowest BCUT2D eigenvalue weighted by Gasteiger charge is -2.37. The van der Waals surface area contributed by atoms with Gasteiger partial charge < -0.3 is 15.1 Å². The molecule has 0 spiro atoms. The van der Waals surface area contributed by atoms with E-state index >= 15 is 0 Å². The number of rotatable bonds is 6. The van der Waals surface area contributed by atoms with Gasteiger partial charge >= 0.3 is 0 Å². The van der Waals surface area contributed by atoms with Gasteiger partial charge in [0.1, 0.15) is 12.1 Å². The highest BCUT2D eigenvalue weighted by molar-refractivity contribution is 5.88. The van der Waals surface area contributed by atoms with Crippen molar-refractivity contribution in [3.05, 3.63) is 66.5 Å². The molecule has 0 aliphatic carbocycles. The summed E-state index contributed by atoms with van der Waals surface area (Å²) in [6.45, 7) is 3.29. The molecule has 3 aromatic rings. The van der Waals surface area contributed by atoms with Gasteiger partial charge in [0.2, 0.25) is 0 Å². The lowest BCUT2D eigenvalue weighted by Crippen LogP contribution is -2.44. The van der Waals surface area contributed by atoms with Gasteiger partial charge in [0.15, 0.2) is 0 Å². The topological polar surface area (TPSA) is 44.3 Å². The third kappa shape index (κ3) is 4.32. The SMILES string of the molecule is CN1CCC(N(C)C[C@@H](Nc2ncnc3ccccc23)c2ccccc2)CC1. The summed E-state index contributed by atoms with van der Waals surface area (Å²) in [5.41, 5.74) is 2.25. The van der Waals surface area contributed by atoms with Gasteiger partial charge in [0.25, 0.3) is 0 Å². The van der Waals surface area contributed by atoms with E-state index < -0.39 is 0 Å². The van der Waals surface area contributed by atoms with Crippen LogP contribution in [-0.2, 0) is 0 Å². The molecule has 4 rings (SSSR count). The molecule has 1 fully saturated rings. The zero-order valence-electron chi connectivity index (χ0n) is 16.8. The molecule has 2 aromatic carbocycles. The van der Waals surface area contributed by atoms with Gasteiger partial charge in [0.05, 0.1) is 11.6 Å². The summed E-state index contributed by atoms with van der Waals surface area (Å²) in [4.78, 5) is 13.9. The van der Waals surface area contributed by atoms with Crippen LogP contribution in [0.4, 0.5) is 5.82 Å². The molecule has 0 bridgehead atoms. The number of hydrogen-bond acceptors (Lipinski definition) is 5. The summed E-state index contributed by atoms with van der Waals surface area (Å²) in [5.74, 6) is 0.899. The summed E-state index contributed by atoms with van der Waals surface area (Å²) in [7, 11) is 4.47. The van der Waals surface area contributed by atoms with Crippen LogP contribution < -0.4 is 5.32 Å². The molecule has 5 nitrogen and oxygen atoms in total. The zero-order valence-corrected chi connectivity index (χ0v) is 16.8. The van der Waals surface area contributed by atoms with E-state index in [0.29, 0.717) is 6.04 Å². The molecule has 146 valence electrons. The number of aromatic nitrogens is 2. The maximum absolute atomic E-state index is 4.55. The number of anilines is 1. The third-order valence-electron chi connectivity index (χ3n) is 5.84. The van der Waals surface area contributed by atoms with Crippen LogP contribution in [0.3, 0.4) is 0 Å². The Kier molecular flexibility index (Phi) is 5.84. The first-order valence-corrected chi connectivity index (χ1v) is 10.1. The Hall–Kier alpha value is -2.50. The summed E-state index contributed by atoms with van der Waals surface area (Å²) < 4.78 is 0. The lowest BCUT2D eigenvalue weighted by molar-refractivity contribution is 0.140. The Morgan fingerprint density at radius 3 is 2.54 bits per heavy atom. The van der Waals surface area contributed by atoms with Crippen molar-refractivity contribution in [2.24, 2.45) is 0 Å². The number of piperidine rings is 1. The first kappa shape index (κ1) is 18.8. The van der Waals surface area contributed by atoms with Crippen molar-refractivity contribution < 1.29 is 0 Å². The second-order valence-corrected chi connectivity index (χ2v) is 7.82. The minimum absolute atomic E-state index is 0.171. The standard InChI is InChI=1S/C23H29N5/c1-27-14-12-19(13-15-27)28(2)16-22(18-8-4-3-5-9-18)26-23-20-10-6-7-11-21(20)24-17-25-23/h3-11,17,19,22H,12-16H2,1-2H3,(H,24,25,26)/t22-/m1/s1. The first-order chi connectivity index (χ1) is 13.7. The second-order valence-electron chi connectivity index (χ2n) is 7.82. The highest BCUT2D eigenvalue weighted by Crippen LogP contribution is 2.26. The number of fused-ring (bicyclic) bond motifs is 1. The predicted octanol–water partition coefficient (Wildman–Crippen LogP) is 3.81. The molecule has 1 aliphatic heterocycles. The number of likely N-dealkylation sites (N-methyl/N-ethyl adjacent to an activating group) is 1. The van der Waals surface area contributed by atoms with Crippen LogP contribution in [0.25, 0.3) is 10.9 Å². The molecule has 5 heteroatoms. The van der Waals surface area contributed by atoms with Crippen molar-refractivity contribution in [2.75, 3.05) is 39.0 Å². The highest BCUT2D eigenvalue weighted by Gasteiger charge is 2.24. The fourth-order valence-electron chi connectivity index (χ4n) is 4.08. The van der Waals surface area contributed by atoms with Gasteiger partial charge in [-0.2, -0.15) is 0 Å². The van der Waals surface area contributed by atoms with Crippen LogP contribution in [0, 0.1) is 0 Å². The van der Waals surface area contributed by atoms with Crippen LogP contribution in [0.15, 0.2) is 60.9 Å². The molecule has 1 saturated heterocycles. The van der Waals surface area contributed by atoms with Crippen molar-refractivity contribution in [2.45, 2.75) is 24.9 Å². The third-order valence-corrected chi connectivity index (χ3v) is 5.84. The maximum Gasteiger partial charge on any atom is 0.137 e. The Bertz CT molecular complexity index is 884. The van der Waals surface area contributed by atoms with Crippen LogP contribution in [0.2, 0.25) is 0 Å². The molecule has 2 heterocycles. The average molecular weight is 376 g/mol. The van der Waals surface area contributed by atoms with Crippen molar-refractivity contribution >= 4 is 16.7 Å². The van der Waals surface area contributed by atoms with Crippen molar-refractivity contribution in [3.8, 4) is 0 Å². The summed E-state index contributed by atoms with van der Waals surface area (Å²) in [6.07, 6.45) is 4.10. The van der Waals surface area contributed by atoms with Gasteiger partial charge in [0, 0.05) is 18.0 Å². The van der Waals surface area contributed by atoms with Crippen LogP contribution in [0.1, 0.15) is 24.4 Å². The van der Waals surface area contributed by atoms with Crippen LogP contribution in [0.5, 0.6) is 0 Å². The fourth-order valence-corrected chi connectivity index (χ4v) is 4.08. The van der Waals surface area contributed by atoms with E-state index in [1.807, 2.05) is 18.2 Å². The summed E-state index contributed by atoms with van der Waals surface area (Å²) >= 11 is 0. The van der Waals surface area contributed by atoms with Gasteiger partial charge in [-0.25, -0.2) is 9.97 Å². The normalized spacial score (nSPS) is 17.1. The number of likely N-dealkylation sites (tertiary alicyclic amines) is 1. The molecule has 0 saturated carbocycles.